The number of pyridine rings is 1. The van der Waals surface area contributed by atoms with Gasteiger partial charge in [0.2, 0.25) is 0 Å². The van der Waals surface area contributed by atoms with E-state index in [1.54, 1.807) is 11.1 Å². The van der Waals surface area contributed by atoms with Gasteiger partial charge in [-0.15, -0.1) is 11.3 Å². The van der Waals surface area contributed by atoms with Crippen LogP contribution >= 0.6 is 11.3 Å². The molecule has 1 unspecified atom stereocenters. The number of aryl methyl sites for hydroxylation is 2. The molecule has 4 aromatic rings. The summed E-state index contributed by atoms with van der Waals surface area (Å²) in [5.74, 6) is 1.26. The van der Waals surface area contributed by atoms with E-state index in [1.807, 2.05) is 62.4 Å². The van der Waals surface area contributed by atoms with E-state index < -0.39 is 0 Å². The molecule has 0 bridgehead atoms. The van der Waals surface area contributed by atoms with Crippen LogP contribution < -0.4 is 25.6 Å². The lowest BCUT2D eigenvalue weighted by Gasteiger charge is -2.30. The number of hydrogen-bond donors (Lipinski definition) is 3. The summed E-state index contributed by atoms with van der Waals surface area (Å²) in [6.07, 6.45) is 3.64. The SMILES string of the molecule is Cc1ccc(Oc2ccc(N3C(=O)Nc4c(C(=O)NC5CCCNC5)sc5nccc3c45)c(C)c2)cc1. The molecule has 2 aromatic carbocycles. The number of aromatic nitrogens is 1. The second-order valence-corrected chi connectivity index (χ2v) is 10.5. The number of benzene rings is 2. The fourth-order valence-corrected chi connectivity index (χ4v) is 5.92. The van der Waals surface area contributed by atoms with Crippen LogP contribution in [0, 0.1) is 13.8 Å². The number of anilines is 3. The Labute approximate surface area is 218 Å². The number of thiophene rings is 1. The lowest BCUT2D eigenvalue weighted by atomic mass is 10.1. The molecule has 1 fully saturated rings. The first-order valence-corrected chi connectivity index (χ1v) is 13.2. The molecule has 0 saturated carbocycles. The zero-order valence-corrected chi connectivity index (χ0v) is 21.4. The molecule has 0 aliphatic carbocycles. The molecule has 6 rings (SSSR count). The molecule has 1 atom stereocenters. The predicted molar refractivity (Wildman–Crippen MR) is 147 cm³/mol. The van der Waals surface area contributed by atoms with E-state index in [4.69, 9.17) is 4.74 Å². The van der Waals surface area contributed by atoms with Crippen molar-refractivity contribution >= 4 is 50.6 Å². The van der Waals surface area contributed by atoms with E-state index in [-0.39, 0.29) is 18.0 Å². The molecule has 2 aromatic heterocycles. The van der Waals surface area contributed by atoms with E-state index >= 15 is 0 Å². The van der Waals surface area contributed by atoms with Crippen molar-refractivity contribution in [2.45, 2.75) is 32.7 Å². The Kier molecular flexibility index (Phi) is 6.02. The van der Waals surface area contributed by atoms with Crippen molar-refractivity contribution in [1.29, 1.82) is 0 Å². The second kappa shape index (κ2) is 9.49. The molecule has 2 aliphatic heterocycles. The third-order valence-electron chi connectivity index (χ3n) is 6.75. The maximum atomic E-state index is 13.4. The summed E-state index contributed by atoms with van der Waals surface area (Å²) in [6.45, 7) is 5.70. The Hall–Kier alpha value is -3.95. The monoisotopic (exact) mass is 513 g/mol. The van der Waals surface area contributed by atoms with Gasteiger partial charge in [-0.05, 0) is 75.2 Å². The number of ether oxygens (including phenoxy) is 1. The van der Waals surface area contributed by atoms with Gasteiger partial charge in [-0.25, -0.2) is 9.78 Å². The summed E-state index contributed by atoms with van der Waals surface area (Å²) >= 11 is 1.30. The number of urea groups is 1. The highest BCUT2D eigenvalue weighted by Gasteiger charge is 2.33. The van der Waals surface area contributed by atoms with Crippen molar-refractivity contribution in [3.05, 3.63) is 70.7 Å². The zero-order valence-electron chi connectivity index (χ0n) is 20.6. The van der Waals surface area contributed by atoms with Gasteiger partial charge in [-0.3, -0.25) is 9.69 Å². The third-order valence-corrected chi connectivity index (χ3v) is 7.85. The molecule has 2 aliphatic rings. The van der Waals surface area contributed by atoms with Crippen molar-refractivity contribution < 1.29 is 14.3 Å². The largest absolute Gasteiger partial charge is 0.457 e. The average molecular weight is 514 g/mol. The molecule has 37 heavy (non-hydrogen) atoms. The molecule has 0 spiro atoms. The van der Waals surface area contributed by atoms with Gasteiger partial charge in [0.05, 0.1) is 22.4 Å². The first-order valence-electron chi connectivity index (χ1n) is 12.4. The van der Waals surface area contributed by atoms with Crippen molar-refractivity contribution in [2.24, 2.45) is 0 Å². The Bertz CT molecular complexity index is 1510. The van der Waals surface area contributed by atoms with Gasteiger partial charge in [0, 0.05) is 18.8 Å². The van der Waals surface area contributed by atoms with Gasteiger partial charge < -0.3 is 20.7 Å². The maximum absolute atomic E-state index is 13.4. The van der Waals surface area contributed by atoms with Crippen LogP contribution in [0.15, 0.2) is 54.7 Å². The summed E-state index contributed by atoms with van der Waals surface area (Å²) in [5, 5.41) is 10.2. The van der Waals surface area contributed by atoms with E-state index in [0.717, 1.165) is 53.9 Å². The highest BCUT2D eigenvalue weighted by molar-refractivity contribution is 7.21. The number of piperidine rings is 1. The lowest BCUT2D eigenvalue weighted by Crippen LogP contribution is -2.45. The van der Waals surface area contributed by atoms with Crippen molar-refractivity contribution in [2.75, 3.05) is 23.3 Å². The van der Waals surface area contributed by atoms with Gasteiger partial charge in [0.15, 0.2) is 0 Å². The first kappa shape index (κ1) is 23.4. The molecule has 9 heteroatoms. The van der Waals surface area contributed by atoms with Gasteiger partial charge >= 0.3 is 6.03 Å². The molecule has 3 N–H and O–H groups in total. The highest BCUT2D eigenvalue weighted by atomic mass is 32.1. The van der Waals surface area contributed by atoms with Crippen LogP contribution in [0.4, 0.5) is 21.9 Å². The minimum absolute atomic E-state index is 0.0742. The number of hydrogen-bond acceptors (Lipinski definition) is 6. The van der Waals surface area contributed by atoms with Crippen LogP contribution in [-0.2, 0) is 0 Å². The van der Waals surface area contributed by atoms with Gasteiger partial charge in [-0.2, -0.15) is 0 Å². The lowest BCUT2D eigenvalue weighted by molar-refractivity contribution is 0.0935. The summed E-state index contributed by atoms with van der Waals surface area (Å²) in [4.78, 5) is 34.0. The number of nitrogens with zero attached hydrogens (tertiary/aromatic N) is 2. The van der Waals surface area contributed by atoms with Crippen LogP contribution in [0.2, 0.25) is 0 Å². The smallest absolute Gasteiger partial charge is 0.331 e. The number of carbonyl (C=O) groups is 2. The standard InChI is InChI=1S/C28H27N5O3S/c1-16-5-7-19(8-6-16)36-20-9-10-21(17(2)14-20)33-22-11-13-30-27-23(22)24(32-28(33)35)25(37-27)26(34)31-18-4-3-12-29-15-18/h5-11,13-14,18,29H,3-4,12,15H2,1-2H3,(H,31,34)(H,32,35). The molecular formula is C28H27N5O3S. The van der Waals surface area contributed by atoms with Crippen molar-refractivity contribution in [3.63, 3.8) is 0 Å². The average Bonchev–Trinajstić information content (AvgIpc) is 3.27. The molecule has 0 radical (unpaired) electrons. The van der Waals surface area contributed by atoms with Gasteiger partial charge in [0.1, 0.15) is 21.2 Å². The van der Waals surface area contributed by atoms with E-state index in [1.165, 1.54) is 11.3 Å². The predicted octanol–water partition coefficient (Wildman–Crippen LogP) is 5.87. The molecule has 4 heterocycles. The number of carbonyl (C=O) groups excluding carboxylic acids is 2. The zero-order chi connectivity index (χ0) is 25.5. The summed E-state index contributed by atoms with van der Waals surface area (Å²) in [5.41, 5.74) is 4.01. The van der Waals surface area contributed by atoms with E-state index in [0.29, 0.717) is 26.8 Å². The van der Waals surface area contributed by atoms with Crippen LogP contribution in [0.1, 0.15) is 33.6 Å². The first-order chi connectivity index (χ1) is 18.0. The number of rotatable bonds is 5. The van der Waals surface area contributed by atoms with E-state index in [2.05, 4.69) is 20.9 Å². The number of amides is 3. The molecule has 3 amide bonds. The summed E-state index contributed by atoms with van der Waals surface area (Å²) < 4.78 is 6.01. The van der Waals surface area contributed by atoms with Crippen LogP contribution in [0.25, 0.3) is 10.2 Å². The fraction of sp³-hybridized carbons (Fsp3) is 0.250. The van der Waals surface area contributed by atoms with Gasteiger partial charge in [0.25, 0.3) is 5.91 Å². The molecular weight excluding hydrogens is 486 g/mol. The van der Waals surface area contributed by atoms with Crippen molar-refractivity contribution in [3.8, 4) is 11.5 Å². The van der Waals surface area contributed by atoms with E-state index in [9.17, 15) is 9.59 Å². The maximum Gasteiger partial charge on any atom is 0.331 e. The molecule has 1 saturated heterocycles. The van der Waals surface area contributed by atoms with Crippen LogP contribution in [0.3, 0.4) is 0 Å². The quantitative estimate of drug-likeness (QED) is 0.310. The fourth-order valence-electron chi connectivity index (χ4n) is 4.89. The summed E-state index contributed by atoms with van der Waals surface area (Å²) in [6, 6.07) is 15.1. The summed E-state index contributed by atoms with van der Waals surface area (Å²) in [7, 11) is 0. The Morgan fingerprint density at radius 3 is 2.68 bits per heavy atom. The molecule has 8 nitrogen and oxygen atoms in total. The third kappa shape index (κ3) is 4.41. The van der Waals surface area contributed by atoms with Gasteiger partial charge in [-0.1, -0.05) is 17.7 Å². The highest BCUT2D eigenvalue weighted by Crippen LogP contribution is 2.46. The normalized spacial score (nSPS) is 17.0. The Morgan fingerprint density at radius 2 is 1.92 bits per heavy atom. The number of nitrogens with one attached hydrogen (secondary N) is 3. The minimum atomic E-state index is -0.318. The molecule has 188 valence electrons. The van der Waals surface area contributed by atoms with Crippen molar-refractivity contribution in [1.82, 2.24) is 15.6 Å². The minimum Gasteiger partial charge on any atom is -0.457 e. The second-order valence-electron chi connectivity index (χ2n) is 9.46. The van der Waals surface area contributed by atoms with Crippen LogP contribution in [0.5, 0.6) is 11.5 Å². The Morgan fingerprint density at radius 1 is 1.11 bits per heavy atom. The van der Waals surface area contributed by atoms with Crippen LogP contribution in [-0.4, -0.2) is 36.1 Å². The topological polar surface area (TPSA) is 95.6 Å². The Balaban J connectivity index is 1.33.